The third-order valence-corrected chi connectivity index (χ3v) is 6.26. The van der Waals surface area contributed by atoms with Crippen LogP contribution in [0, 0.1) is 0 Å². The lowest BCUT2D eigenvalue weighted by Gasteiger charge is -2.10. The van der Waals surface area contributed by atoms with Crippen molar-refractivity contribution in [1.82, 2.24) is 4.52 Å². The van der Waals surface area contributed by atoms with E-state index in [-0.39, 0.29) is 5.56 Å². The first-order chi connectivity index (χ1) is 13.3. The fourth-order valence-corrected chi connectivity index (χ4v) is 5.12. The van der Waals surface area contributed by atoms with Gasteiger partial charge in [-0.25, -0.2) is 0 Å². The van der Waals surface area contributed by atoms with Crippen molar-refractivity contribution < 1.29 is 4.52 Å². The van der Waals surface area contributed by atoms with Crippen molar-refractivity contribution in [3.8, 4) is 0 Å². The smallest absolute Gasteiger partial charge is 0.263 e. The molecular weight excluding hydrogens is 332 g/mol. The summed E-state index contributed by atoms with van der Waals surface area (Å²) in [6, 6.07) is 21.0. The van der Waals surface area contributed by atoms with E-state index in [1.807, 2.05) is 21.2 Å². The molecule has 0 bridgehead atoms. The average molecular weight is 347 g/mol. The second-order valence-corrected chi connectivity index (χ2v) is 7.58. The lowest BCUT2D eigenvalue weighted by Crippen LogP contribution is -2.40. The molecule has 1 aliphatic rings. The Labute approximate surface area is 154 Å². The normalized spacial score (nSPS) is 13.8. The molecule has 1 aliphatic carbocycles. The summed E-state index contributed by atoms with van der Waals surface area (Å²) in [5, 5.41) is 6.68. The second-order valence-electron chi connectivity index (χ2n) is 7.58. The number of benzene rings is 4. The number of fused-ring (bicyclic) bond motifs is 3. The van der Waals surface area contributed by atoms with E-state index in [1.165, 1.54) is 27.3 Å². The molecule has 3 heteroatoms. The molecular formula is C24H15N2O+. The predicted octanol–water partition coefficient (Wildman–Crippen LogP) is 4.03. The number of hydrogen-bond acceptors (Lipinski definition) is 1. The fraction of sp³-hybridized carbons (Fsp3) is 0.0833. The molecule has 0 radical (unpaired) electrons. The zero-order valence-electron chi connectivity index (χ0n) is 14.6. The molecule has 0 atom stereocenters. The van der Waals surface area contributed by atoms with Crippen molar-refractivity contribution in [3.63, 3.8) is 0 Å². The lowest BCUT2D eigenvalue weighted by molar-refractivity contribution is -0.592. The molecule has 0 amide bonds. The van der Waals surface area contributed by atoms with Crippen LogP contribution in [0.3, 0.4) is 0 Å². The van der Waals surface area contributed by atoms with Gasteiger partial charge in [-0.1, -0.05) is 45.4 Å². The van der Waals surface area contributed by atoms with E-state index in [0.29, 0.717) is 0 Å². The first-order valence-corrected chi connectivity index (χ1v) is 9.39. The van der Waals surface area contributed by atoms with E-state index in [9.17, 15) is 4.79 Å². The van der Waals surface area contributed by atoms with Crippen LogP contribution in [0.15, 0.2) is 71.7 Å². The minimum absolute atomic E-state index is 0.0416. The number of nitrogens with zero attached hydrogens (tertiary/aromatic N) is 2. The molecule has 0 aliphatic heterocycles. The molecule has 4 aromatic carbocycles. The van der Waals surface area contributed by atoms with Crippen molar-refractivity contribution in [2.45, 2.75) is 12.8 Å². The number of aryl methyl sites for hydroxylation is 2. The monoisotopic (exact) mass is 347 g/mol. The van der Waals surface area contributed by atoms with Gasteiger partial charge in [0, 0.05) is 11.5 Å². The summed E-state index contributed by atoms with van der Waals surface area (Å²) in [5.41, 5.74) is 4.90. The minimum Gasteiger partial charge on any atom is -0.263 e. The summed E-state index contributed by atoms with van der Waals surface area (Å²) in [5.74, 6) is 0. The maximum Gasteiger partial charge on any atom is 0.315 e. The van der Waals surface area contributed by atoms with Gasteiger partial charge in [-0.3, -0.25) is 4.79 Å². The molecule has 0 saturated heterocycles. The summed E-state index contributed by atoms with van der Waals surface area (Å²) >= 11 is 0. The molecule has 2 heterocycles. The van der Waals surface area contributed by atoms with Crippen molar-refractivity contribution in [1.29, 1.82) is 0 Å². The Morgan fingerprint density at radius 3 is 2.37 bits per heavy atom. The summed E-state index contributed by atoms with van der Waals surface area (Å²) in [7, 11) is 0. The Morgan fingerprint density at radius 2 is 1.52 bits per heavy atom. The van der Waals surface area contributed by atoms with Crippen LogP contribution in [-0.4, -0.2) is 4.52 Å². The highest BCUT2D eigenvalue weighted by atomic mass is 16.1. The number of aromatic nitrogens is 2. The molecule has 0 fully saturated rings. The first-order valence-electron chi connectivity index (χ1n) is 9.39. The Balaban J connectivity index is 1.90. The van der Waals surface area contributed by atoms with Gasteiger partial charge >= 0.3 is 5.56 Å². The third kappa shape index (κ3) is 1.50. The SMILES string of the molecule is O=c1c2cccc3cccc(c32)[n+]2cc3ccc4c5c(ccc(c35)n12)CC4. The van der Waals surface area contributed by atoms with Crippen molar-refractivity contribution in [3.05, 3.63) is 88.3 Å². The molecule has 3 nitrogen and oxygen atoms in total. The Morgan fingerprint density at radius 1 is 0.741 bits per heavy atom. The molecule has 0 N–H and O–H groups in total. The van der Waals surface area contributed by atoms with Gasteiger partial charge < -0.3 is 0 Å². The highest BCUT2D eigenvalue weighted by molar-refractivity contribution is 6.12. The standard InChI is InChI=1S/C24H15N2O/c27-24-18-5-1-3-14-4-2-6-19(22(14)18)25-13-17-10-9-15-7-8-16-11-12-20(26(24)25)23(17)21(15)16/h1-6,9-13H,7-8H2/q+1. The summed E-state index contributed by atoms with van der Waals surface area (Å²) < 4.78 is 3.89. The van der Waals surface area contributed by atoms with Gasteiger partial charge in [0.05, 0.1) is 16.2 Å². The second kappa shape index (κ2) is 4.44. The maximum atomic E-state index is 13.5. The van der Waals surface area contributed by atoms with E-state index >= 15 is 0 Å². The van der Waals surface area contributed by atoms with Crippen molar-refractivity contribution in [2.75, 3.05) is 0 Å². The number of hydrogen-bond donors (Lipinski definition) is 0. The van der Waals surface area contributed by atoms with Crippen LogP contribution in [0.25, 0.3) is 43.4 Å². The average Bonchev–Trinajstić information content (AvgIpc) is 3.14. The van der Waals surface area contributed by atoms with Crippen LogP contribution >= 0.6 is 0 Å². The Kier molecular flexibility index (Phi) is 2.25. The van der Waals surface area contributed by atoms with E-state index in [4.69, 9.17) is 0 Å². The summed E-state index contributed by atoms with van der Waals surface area (Å²) in [6.07, 6.45) is 4.31. The summed E-state index contributed by atoms with van der Waals surface area (Å²) in [6.45, 7) is 0. The Hall–Kier alpha value is -3.46. The van der Waals surface area contributed by atoms with Gasteiger partial charge in [0.25, 0.3) is 0 Å². The highest BCUT2D eigenvalue weighted by Crippen LogP contribution is 2.36. The molecule has 0 unspecified atom stereocenters. The van der Waals surface area contributed by atoms with E-state index in [0.717, 1.165) is 40.0 Å². The molecule has 27 heavy (non-hydrogen) atoms. The zero-order chi connectivity index (χ0) is 17.7. The highest BCUT2D eigenvalue weighted by Gasteiger charge is 2.24. The van der Waals surface area contributed by atoms with Crippen LogP contribution in [-0.2, 0) is 12.8 Å². The minimum atomic E-state index is 0.0416. The molecule has 0 spiro atoms. The van der Waals surface area contributed by atoms with Crippen LogP contribution in [0.4, 0.5) is 0 Å². The topological polar surface area (TPSA) is 25.6 Å². The third-order valence-electron chi connectivity index (χ3n) is 6.26. The largest absolute Gasteiger partial charge is 0.315 e. The van der Waals surface area contributed by atoms with E-state index in [2.05, 4.69) is 54.7 Å². The predicted molar refractivity (Wildman–Crippen MR) is 108 cm³/mol. The number of rotatable bonds is 0. The molecule has 7 rings (SSSR count). The van der Waals surface area contributed by atoms with Gasteiger partial charge in [-0.2, -0.15) is 0 Å². The molecule has 2 aromatic heterocycles. The molecule has 6 aromatic rings. The lowest BCUT2D eigenvalue weighted by atomic mass is 10.0. The van der Waals surface area contributed by atoms with Gasteiger partial charge in [-0.15, -0.1) is 0 Å². The van der Waals surface area contributed by atoms with Crippen molar-refractivity contribution in [2.24, 2.45) is 0 Å². The van der Waals surface area contributed by atoms with Gasteiger partial charge in [0.15, 0.2) is 0 Å². The van der Waals surface area contributed by atoms with Crippen LogP contribution in [0.5, 0.6) is 0 Å². The molecule has 126 valence electrons. The maximum absolute atomic E-state index is 13.5. The summed E-state index contributed by atoms with van der Waals surface area (Å²) in [4.78, 5) is 13.5. The van der Waals surface area contributed by atoms with Crippen LogP contribution in [0.2, 0.25) is 0 Å². The van der Waals surface area contributed by atoms with E-state index in [1.54, 1.807) is 0 Å². The van der Waals surface area contributed by atoms with Crippen LogP contribution < -0.4 is 10.1 Å². The Bertz CT molecular complexity index is 1630. The first kappa shape index (κ1) is 13.7. The van der Waals surface area contributed by atoms with Gasteiger partial charge in [0.2, 0.25) is 11.7 Å². The fourth-order valence-electron chi connectivity index (χ4n) is 5.12. The van der Waals surface area contributed by atoms with Gasteiger partial charge in [0.1, 0.15) is 5.52 Å². The quantitative estimate of drug-likeness (QED) is 0.231. The van der Waals surface area contributed by atoms with Crippen LogP contribution in [0.1, 0.15) is 11.1 Å². The van der Waals surface area contributed by atoms with Crippen molar-refractivity contribution >= 4 is 43.4 Å². The van der Waals surface area contributed by atoms with Gasteiger partial charge in [-0.05, 0) is 52.9 Å². The van der Waals surface area contributed by atoms with E-state index < -0.39 is 0 Å². The zero-order valence-corrected chi connectivity index (χ0v) is 14.6. The molecule has 0 saturated carbocycles.